The van der Waals surface area contributed by atoms with E-state index in [1.165, 1.54) is 6.07 Å². The van der Waals surface area contributed by atoms with Crippen molar-refractivity contribution in [2.24, 2.45) is 0 Å². The van der Waals surface area contributed by atoms with E-state index >= 15 is 0 Å². The van der Waals surface area contributed by atoms with Crippen LogP contribution in [-0.4, -0.2) is 28.7 Å². The summed E-state index contributed by atoms with van der Waals surface area (Å²) < 4.78 is 35.9. The van der Waals surface area contributed by atoms with E-state index < -0.39 is 6.61 Å². The smallest absolute Gasteiger partial charge is 0.387 e. The number of ether oxygens (including phenoxy) is 1. The van der Waals surface area contributed by atoms with Gasteiger partial charge in [0.2, 0.25) is 11.7 Å². The van der Waals surface area contributed by atoms with Gasteiger partial charge < -0.3 is 9.26 Å². The van der Waals surface area contributed by atoms with Gasteiger partial charge in [0.25, 0.3) is 0 Å². The Bertz CT molecular complexity index is 873. The number of rotatable bonds is 7. The average Bonchev–Trinajstić information content (AvgIpc) is 3.05. The molecule has 3 rings (SSSR count). The van der Waals surface area contributed by atoms with E-state index in [2.05, 4.69) is 30.8 Å². The lowest BCUT2D eigenvalue weighted by Gasteiger charge is -2.15. The second-order valence-corrected chi connectivity index (χ2v) is 6.50. The fourth-order valence-electron chi connectivity index (χ4n) is 2.48. The molecule has 0 atom stereocenters. The van der Waals surface area contributed by atoms with Crippen LogP contribution in [0.25, 0.3) is 11.4 Å². The topological polar surface area (TPSA) is 51.4 Å². The van der Waals surface area contributed by atoms with Crippen molar-refractivity contribution in [2.75, 3.05) is 7.05 Å². The minimum Gasteiger partial charge on any atom is -0.434 e. The van der Waals surface area contributed by atoms with Crippen molar-refractivity contribution >= 4 is 15.9 Å². The zero-order chi connectivity index (χ0) is 18.5. The first-order valence-corrected chi connectivity index (χ1v) is 8.61. The molecule has 1 heterocycles. The fourth-order valence-corrected chi connectivity index (χ4v) is 2.89. The third kappa shape index (κ3) is 4.64. The van der Waals surface area contributed by atoms with Crippen LogP contribution in [0.5, 0.6) is 5.75 Å². The third-order valence-corrected chi connectivity index (χ3v) is 4.39. The van der Waals surface area contributed by atoms with Gasteiger partial charge in [-0.25, -0.2) is 0 Å². The van der Waals surface area contributed by atoms with Crippen LogP contribution in [0.4, 0.5) is 8.78 Å². The number of para-hydroxylation sites is 1. The van der Waals surface area contributed by atoms with Gasteiger partial charge in [-0.15, -0.1) is 0 Å². The third-order valence-electron chi connectivity index (χ3n) is 3.62. The van der Waals surface area contributed by atoms with Gasteiger partial charge in [-0.2, -0.15) is 13.8 Å². The number of alkyl halides is 2. The average molecular weight is 424 g/mol. The molecule has 0 radical (unpaired) electrons. The van der Waals surface area contributed by atoms with E-state index in [-0.39, 0.29) is 11.6 Å². The summed E-state index contributed by atoms with van der Waals surface area (Å²) in [5.41, 5.74) is 1.49. The molecule has 0 saturated heterocycles. The summed E-state index contributed by atoms with van der Waals surface area (Å²) in [6, 6.07) is 14.3. The minimum absolute atomic E-state index is 0.0106. The quantitative estimate of drug-likeness (QED) is 0.549. The lowest BCUT2D eigenvalue weighted by molar-refractivity contribution is -0.0494. The first-order chi connectivity index (χ1) is 12.5. The van der Waals surface area contributed by atoms with Gasteiger partial charge in [-0.3, -0.25) is 4.90 Å². The highest BCUT2D eigenvalue weighted by atomic mass is 79.9. The second-order valence-electron chi connectivity index (χ2n) is 5.65. The Balaban J connectivity index is 1.71. The van der Waals surface area contributed by atoms with Crippen molar-refractivity contribution < 1.29 is 18.0 Å². The largest absolute Gasteiger partial charge is 0.434 e. The van der Waals surface area contributed by atoms with E-state index in [0.29, 0.717) is 24.5 Å². The zero-order valence-corrected chi connectivity index (χ0v) is 15.5. The molecule has 0 aliphatic rings. The SMILES string of the molecule is CN(Cc1nc(-c2ccccc2OC(F)F)no1)Cc1ccccc1Br. The number of benzene rings is 2. The molecule has 0 aliphatic heterocycles. The van der Waals surface area contributed by atoms with Gasteiger partial charge in [0.15, 0.2) is 0 Å². The Kier molecular flexibility index (Phi) is 5.95. The van der Waals surface area contributed by atoms with Crippen molar-refractivity contribution in [3.05, 3.63) is 64.5 Å². The number of halogens is 3. The lowest BCUT2D eigenvalue weighted by Crippen LogP contribution is -2.17. The molecule has 0 bridgehead atoms. The molecular formula is C18H16BrF2N3O2. The number of nitrogens with zero attached hydrogens (tertiary/aromatic N) is 3. The molecule has 3 aromatic rings. The maximum Gasteiger partial charge on any atom is 0.387 e. The van der Waals surface area contributed by atoms with Crippen molar-refractivity contribution in [3.8, 4) is 17.1 Å². The van der Waals surface area contributed by atoms with E-state index in [1.54, 1.807) is 18.2 Å². The number of hydrogen-bond donors (Lipinski definition) is 0. The molecule has 0 fully saturated rings. The van der Waals surface area contributed by atoms with Crippen molar-refractivity contribution in [2.45, 2.75) is 19.7 Å². The standard InChI is InChI=1S/C18H16BrF2N3O2/c1-24(10-12-6-2-4-8-14(12)19)11-16-22-17(23-26-16)13-7-3-5-9-15(13)25-18(20)21/h2-9,18H,10-11H2,1H3. The zero-order valence-electron chi connectivity index (χ0n) is 13.9. The summed E-state index contributed by atoms with van der Waals surface area (Å²) >= 11 is 3.52. The summed E-state index contributed by atoms with van der Waals surface area (Å²) in [6.45, 7) is -1.81. The van der Waals surface area contributed by atoms with Crippen LogP contribution in [0.2, 0.25) is 0 Å². The molecule has 136 valence electrons. The fraction of sp³-hybridized carbons (Fsp3) is 0.222. The van der Waals surface area contributed by atoms with Crippen molar-refractivity contribution in [1.82, 2.24) is 15.0 Å². The Morgan fingerprint density at radius 3 is 2.62 bits per heavy atom. The molecule has 0 amide bonds. The first-order valence-electron chi connectivity index (χ1n) is 7.81. The Hall–Kier alpha value is -2.32. The summed E-state index contributed by atoms with van der Waals surface area (Å²) in [5.74, 6) is 0.614. The Morgan fingerprint density at radius 1 is 1.12 bits per heavy atom. The van der Waals surface area contributed by atoms with E-state index in [4.69, 9.17) is 4.52 Å². The number of aromatic nitrogens is 2. The molecule has 2 aromatic carbocycles. The normalized spacial score (nSPS) is 11.3. The summed E-state index contributed by atoms with van der Waals surface area (Å²) in [4.78, 5) is 6.31. The molecule has 5 nitrogen and oxygen atoms in total. The van der Waals surface area contributed by atoms with Crippen LogP contribution in [0, 0.1) is 0 Å². The molecule has 0 saturated carbocycles. The first kappa shape index (κ1) is 18.5. The predicted octanol–water partition coefficient (Wildman–Crippen LogP) is 4.73. The van der Waals surface area contributed by atoms with E-state index in [0.717, 1.165) is 10.0 Å². The van der Waals surface area contributed by atoms with Crippen LogP contribution < -0.4 is 4.74 Å². The van der Waals surface area contributed by atoms with Gasteiger partial charge in [0, 0.05) is 11.0 Å². The maximum absolute atomic E-state index is 12.5. The second kappa shape index (κ2) is 8.37. The molecule has 1 aromatic heterocycles. The maximum atomic E-state index is 12.5. The van der Waals surface area contributed by atoms with Crippen molar-refractivity contribution in [1.29, 1.82) is 0 Å². The highest BCUT2D eigenvalue weighted by molar-refractivity contribution is 9.10. The summed E-state index contributed by atoms with van der Waals surface area (Å²) in [6.07, 6.45) is 0. The van der Waals surface area contributed by atoms with Gasteiger partial charge >= 0.3 is 6.61 Å². The summed E-state index contributed by atoms with van der Waals surface area (Å²) in [7, 11) is 1.93. The van der Waals surface area contributed by atoms with Gasteiger partial charge in [-0.05, 0) is 30.8 Å². The van der Waals surface area contributed by atoms with Crippen molar-refractivity contribution in [3.63, 3.8) is 0 Å². The molecule has 26 heavy (non-hydrogen) atoms. The monoisotopic (exact) mass is 423 g/mol. The highest BCUT2D eigenvalue weighted by Gasteiger charge is 2.17. The predicted molar refractivity (Wildman–Crippen MR) is 95.7 cm³/mol. The Morgan fingerprint density at radius 2 is 1.85 bits per heavy atom. The van der Waals surface area contributed by atoms with Gasteiger partial charge in [-0.1, -0.05) is 51.4 Å². The molecule has 8 heteroatoms. The van der Waals surface area contributed by atoms with Gasteiger partial charge in [0.05, 0.1) is 12.1 Å². The molecule has 0 N–H and O–H groups in total. The van der Waals surface area contributed by atoms with E-state index in [1.807, 2.05) is 36.2 Å². The van der Waals surface area contributed by atoms with Crippen LogP contribution >= 0.6 is 15.9 Å². The molecular weight excluding hydrogens is 408 g/mol. The molecule has 0 unspecified atom stereocenters. The van der Waals surface area contributed by atoms with Crippen LogP contribution in [0.1, 0.15) is 11.5 Å². The lowest BCUT2D eigenvalue weighted by atomic mass is 10.2. The van der Waals surface area contributed by atoms with Crippen LogP contribution in [-0.2, 0) is 13.1 Å². The van der Waals surface area contributed by atoms with Crippen LogP contribution in [0.15, 0.2) is 57.5 Å². The van der Waals surface area contributed by atoms with Gasteiger partial charge in [0.1, 0.15) is 5.75 Å². The highest BCUT2D eigenvalue weighted by Crippen LogP contribution is 2.29. The number of hydrogen-bond acceptors (Lipinski definition) is 5. The Labute approximate surface area is 157 Å². The van der Waals surface area contributed by atoms with Crippen LogP contribution in [0.3, 0.4) is 0 Å². The summed E-state index contributed by atoms with van der Waals surface area (Å²) in [5, 5.41) is 3.89. The van der Waals surface area contributed by atoms with E-state index in [9.17, 15) is 8.78 Å². The molecule has 0 spiro atoms. The minimum atomic E-state index is -2.92. The molecule has 0 aliphatic carbocycles.